The normalized spacial score (nSPS) is 18.2. The molecule has 1 aliphatic heterocycles. The van der Waals surface area contributed by atoms with Gasteiger partial charge in [-0.2, -0.15) is 5.10 Å². The number of hydrogen-bond acceptors (Lipinski definition) is 4. The second kappa shape index (κ2) is 8.52. The maximum atomic E-state index is 13.6. The molecule has 1 aliphatic carbocycles. The maximum absolute atomic E-state index is 13.6. The lowest BCUT2D eigenvalue weighted by atomic mass is 9.93. The highest BCUT2D eigenvalue weighted by Gasteiger charge is 2.36. The number of hydrazone groups is 1. The van der Waals surface area contributed by atoms with Gasteiger partial charge in [0.15, 0.2) is 5.76 Å². The third kappa shape index (κ3) is 3.85. The minimum absolute atomic E-state index is 0.0585. The summed E-state index contributed by atoms with van der Waals surface area (Å²) in [5.41, 5.74) is 7.55. The Morgan fingerprint density at radius 2 is 1.88 bits per heavy atom. The van der Waals surface area contributed by atoms with Crippen LogP contribution in [0.3, 0.4) is 0 Å². The number of aryl methyl sites for hydroxylation is 1. The van der Waals surface area contributed by atoms with Gasteiger partial charge < -0.3 is 9.32 Å². The van der Waals surface area contributed by atoms with E-state index in [-0.39, 0.29) is 17.9 Å². The number of rotatable bonds is 3. The second-order valence-electron chi connectivity index (χ2n) is 8.57. The van der Waals surface area contributed by atoms with E-state index in [2.05, 4.69) is 23.5 Å². The third-order valence-electron chi connectivity index (χ3n) is 6.34. The molecule has 1 N–H and O–H groups in total. The zero-order chi connectivity index (χ0) is 23.1. The monoisotopic (exact) mass is 461 g/mol. The molecule has 0 radical (unpaired) electrons. The van der Waals surface area contributed by atoms with Crippen LogP contribution in [0.15, 0.2) is 58.0 Å². The van der Waals surface area contributed by atoms with E-state index < -0.39 is 0 Å². The molecule has 1 aromatic heterocycles. The minimum atomic E-state index is -0.314. The molecule has 0 fully saturated rings. The number of carbonyl (C=O) groups is 2. The van der Waals surface area contributed by atoms with Crippen molar-refractivity contribution in [3.8, 4) is 0 Å². The van der Waals surface area contributed by atoms with Gasteiger partial charge in [0.2, 0.25) is 0 Å². The lowest BCUT2D eigenvalue weighted by Crippen LogP contribution is -2.35. The molecule has 2 aliphatic rings. The molecule has 168 valence electrons. The molecule has 0 bridgehead atoms. The Labute approximate surface area is 197 Å². The number of furan rings is 1. The molecular weight excluding hydrogens is 438 g/mol. The van der Waals surface area contributed by atoms with Crippen molar-refractivity contribution in [1.29, 1.82) is 0 Å². The third-order valence-corrected chi connectivity index (χ3v) is 6.60. The van der Waals surface area contributed by atoms with Crippen molar-refractivity contribution in [2.24, 2.45) is 5.10 Å². The van der Waals surface area contributed by atoms with Gasteiger partial charge in [-0.3, -0.25) is 9.59 Å². The fraction of sp³-hybridized carbons (Fsp3) is 0.269. The van der Waals surface area contributed by atoms with Crippen LogP contribution in [0.4, 0.5) is 5.69 Å². The number of anilines is 1. The largest absolute Gasteiger partial charge is 0.455 e. The zero-order valence-electron chi connectivity index (χ0n) is 18.5. The van der Waals surface area contributed by atoms with Crippen LogP contribution >= 0.6 is 11.6 Å². The van der Waals surface area contributed by atoms with Crippen LogP contribution in [0.1, 0.15) is 63.1 Å². The molecule has 1 atom stereocenters. The van der Waals surface area contributed by atoms with E-state index in [1.54, 1.807) is 24.3 Å². The smallest absolute Gasteiger partial charge is 0.294 e. The summed E-state index contributed by atoms with van der Waals surface area (Å²) in [7, 11) is 0. The van der Waals surface area contributed by atoms with E-state index in [4.69, 9.17) is 16.0 Å². The van der Waals surface area contributed by atoms with Crippen molar-refractivity contribution >= 4 is 34.8 Å². The van der Waals surface area contributed by atoms with Gasteiger partial charge in [-0.15, -0.1) is 0 Å². The van der Waals surface area contributed by atoms with Crippen molar-refractivity contribution in [2.45, 2.75) is 45.6 Å². The van der Waals surface area contributed by atoms with E-state index in [1.807, 2.05) is 30.0 Å². The first-order chi connectivity index (χ1) is 15.9. The molecule has 1 unspecified atom stereocenters. The Hall–Kier alpha value is -3.38. The molecule has 2 heterocycles. The van der Waals surface area contributed by atoms with E-state index in [0.29, 0.717) is 22.8 Å². The standard InChI is InChI=1S/C26H24ClN3O3/c1-15-14-18-6-3-4-8-21(18)30(15)26(32)24-16(2)23-20(7-5-9-22(23)33-24)28-29-25(31)17-10-12-19(27)13-11-17/h3-4,6,8,10-13,15H,5,7,9,14H2,1-2H3,(H,29,31)/b28-20+. The fourth-order valence-electron chi connectivity index (χ4n) is 4.75. The minimum Gasteiger partial charge on any atom is -0.455 e. The summed E-state index contributed by atoms with van der Waals surface area (Å²) >= 11 is 5.90. The number of nitrogens with one attached hydrogen (secondary N) is 1. The summed E-state index contributed by atoms with van der Waals surface area (Å²) in [4.78, 5) is 27.9. The van der Waals surface area contributed by atoms with Gasteiger partial charge in [-0.1, -0.05) is 29.8 Å². The summed E-state index contributed by atoms with van der Waals surface area (Å²) in [6.07, 6.45) is 3.10. The van der Waals surface area contributed by atoms with Crippen LogP contribution < -0.4 is 10.3 Å². The molecule has 7 heteroatoms. The number of hydrogen-bond donors (Lipinski definition) is 1. The Kier molecular flexibility index (Phi) is 5.54. The van der Waals surface area contributed by atoms with Crippen LogP contribution in [-0.2, 0) is 12.8 Å². The number of para-hydroxylation sites is 1. The molecule has 0 saturated heterocycles. The van der Waals surface area contributed by atoms with Gasteiger partial charge >= 0.3 is 0 Å². The summed E-state index contributed by atoms with van der Waals surface area (Å²) in [6, 6.07) is 14.7. The van der Waals surface area contributed by atoms with Crippen LogP contribution in [-0.4, -0.2) is 23.6 Å². The van der Waals surface area contributed by atoms with Crippen LogP contribution in [0.2, 0.25) is 5.02 Å². The van der Waals surface area contributed by atoms with Gasteiger partial charge in [-0.25, -0.2) is 5.43 Å². The Morgan fingerprint density at radius 1 is 1.12 bits per heavy atom. The van der Waals surface area contributed by atoms with Gasteiger partial charge in [0, 0.05) is 39.9 Å². The first-order valence-electron chi connectivity index (χ1n) is 11.1. The molecule has 5 rings (SSSR count). The molecular formula is C26H24ClN3O3. The first-order valence-corrected chi connectivity index (χ1v) is 11.5. The molecule has 0 saturated carbocycles. The van der Waals surface area contributed by atoms with E-state index >= 15 is 0 Å². The lowest BCUT2D eigenvalue weighted by molar-refractivity contribution is 0.0946. The number of carbonyl (C=O) groups excluding carboxylic acids is 2. The van der Waals surface area contributed by atoms with Crippen LogP contribution in [0.5, 0.6) is 0 Å². The maximum Gasteiger partial charge on any atom is 0.294 e. The average molecular weight is 462 g/mol. The van der Waals surface area contributed by atoms with E-state index in [0.717, 1.165) is 47.5 Å². The molecule has 0 spiro atoms. The number of nitrogens with zero attached hydrogens (tertiary/aromatic N) is 2. The van der Waals surface area contributed by atoms with Gasteiger partial charge in [0.1, 0.15) is 5.76 Å². The highest BCUT2D eigenvalue weighted by Crippen LogP contribution is 2.36. The van der Waals surface area contributed by atoms with Crippen molar-refractivity contribution < 1.29 is 14.0 Å². The summed E-state index contributed by atoms with van der Waals surface area (Å²) < 4.78 is 6.11. The van der Waals surface area contributed by atoms with Crippen molar-refractivity contribution in [1.82, 2.24) is 5.43 Å². The zero-order valence-corrected chi connectivity index (χ0v) is 19.3. The van der Waals surface area contributed by atoms with Gasteiger partial charge in [0.25, 0.3) is 11.8 Å². The van der Waals surface area contributed by atoms with Crippen LogP contribution in [0, 0.1) is 6.92 Å². The number of benzene rings is 2. The average Bonchev–Trinajstić information content (AvgIpc) is 3.34. The van der Waals surface area contributed by atoms with E-state index in [1.165, 1.54) is 5.56 Å². The first kappa shape index (κ1) is 21.5. The second-order valence-corrected chi connectivity index (χ2v) is 9.01. The molecule has 2 amide bonds. The summed E-state index contributed by atoms with van der Waals surface area (Å²) in [6.45, 7) is 3.94. The molecule has 2 aromatic carbocycles. The predicted molar refractivity (Wildman–Crippen MR) is 128 cm³/mol. The lowest BCUT2D eigenvalue weighted by Gasteiger charge is -2.21. The highest BCUT2D eigenvalue weighted by molar-refractivity contribution is 6.30. The van der Waals surface area contributed by atoms with Crippen molar-refractivity contribution in [3.63, 3.8) is 0 Å². The fourth-order valence-corrected chi connectivity index (χ4v) is 4.88. The topological polar surface area (TPSA) is 74.9 Å². The number of halogens is 1. The van der Waals surface area contributed by atoms with Crippen molar-refractivity contribution in [3.05, 3.63) is 87.3 Å². The molecule has 6 nitrogen and oxygen atoms in total. The highest BCUT2D eigenvalue weighted by atomic mass is 35.5. The van der Waals surface area contributed by atoms with Gasteiger partial charge in [0.05, 0.1) is 5.71 Å². The molecule has 3 aromatic rings. The predicted octanol–water partition coefficient (Wildman–Crippen LogP) is 5.30. The van der Waals surface area contributed by atoms with E-state index in [9.17, 15) is 9.59 Å². The Bertz CT molecular complexity index is 1280. The number of fused-ring (bicyclic) bond motifs is 2. The quantitative estimate of drug-likeness (QED) is 0.537. The van der Waals surface area contributed by atoms with Crippen molar-refractivity contribution in [2.75, 3.05) is 4.90 Å². The summed E-state index contributed by atoms with van der Waals surface area (Å²) in [5, 5.41) is 4.97. The number of amides is 2. The Morgan fingerprint density at radius 3 is 2.67 bits per heavy atom. The SMILES string of the molecule is Cc1c(C(=O)N2c3ccccc3CC2C)oc2c1/C(=N/NC(=O)c1ccc(Cl)cc1)CCC2. The molecule has 33 heavy (non-hydrogen) atoms. The van der Waals surface area contributed by atoms with Crippen LogP contribution in [0.25, 0.3) is 0 Å². The van der Waals surface area contributed by atoms with Gasteiger partial charge in [-0.05, 0) is 69.0 Å². The summed E-state index contributed by atoms with van der Waals surface area (Å²) in [5.74, 6) is 0.652. The Balaban J connectivity index is 1.44.